The quantitative estimate of drug-likeness (QED) is 0.838. The number of carbonyl (C=O) groups is 1. The Kier molecular flexibility index (Phi) is 4.81. The number of amides is 1. The molecule has 0 aliphatic heterocycles. The molecule has 0 bridgehead atoms. The predicted molar refractivity (Wildman–Crippen MR) is 81.5 cm³/mol. The molecule has 1 saturated carbocycles. The molecular formula is C17H22N2O. The molecular weight excluding hydrogens is 248 g/mol. The molecule has 1 aromatic carbocycles. The van der Waals surface area contributed by atoms with Gasteiger partial charge in [0.1, 0.15) is 0 Å². The van der Waals surface area contributed by atoms with Crippen molar-refractivity contribution in [2.45, 2.75) is 38.6 Å². The zero-order chi connectivity index (χ0) is 14.5. The van der Waals surface area contributed by atoms with Gasteiger partial charge in [-0.3, -0.25) is 4.79 Å². The summed E-state index contributed by atoms with van der Waals surface area (Å²) < 4.78 is 0. The first kappa shape index (κ1) is 14.6. The zero-order valence-electron chi connectivity index (χ0n) is 12.3. The topological polar surface area (TPSA) is 46.3 Å². The van der Waals surface area contributed by atoms with E-state index in [2.05, 4.69) is 11.8 Å². The fourth-order valence-electron chi connectivity index (χ4n) is 2.80. The Morgan fingerprint density at radius 1 is 1.40 bits per heavy atom. The van der Waals surface area contributed by atoms with Crippen LogP contribution in [-0.4, -0.2) is 30.4 Å². The highest BCUT2D eigenvalue weighted by atomic mass is 16.2. The van der Waals surface area contributed by atoms with Gasteiger partial charge >= 0.3 is 0 Å². The number of carbonyl (C=O) groups excluding carboxylic acids is 1. The fourth-order valence-corrected chi connectivity index (χ4v) is 2.80. The third-order valence-corrected chi connectivity index (χ3v) is 4.08. The number of hydrogen-bond donors (Lipinski definition) is 1. The molecule has 0 aromatic heterocycles. The van der Waals surface area contributed by atoms with Crippen molar-refractivity contribution < 1.29 is 4.79 Å². The number of hydrogen-bond acceptors (Lipinski definition) is 2. The summed E-state index contributed by atoms with van der Waals surface area (Å²) in [6.45, 7) is 2.29. The van der Waals surface area contributed by atoms with Gasteiger partial charge in [0, 0.05) is 24.2 Å². The first-order valence-electron chi connectivity index (χ1n) is 7.21. The van der Waals surface area contributed by atoms with Crippen LogP contribution < -0.4 is 5.73 Å². The van der Waals surface area contributed by atoms with Crippen LogP contribution in [0.2, 0.25) is 0 Å². The van der Waals surface area contributed by atoms with Crippen molar-refractivity contribution in [1.29, 1.82) is 0 Å². The van der Waals surface area contributed by atoms with Crippen LogP contribution in [0.25, 0.3) is 0 Å². The van der Waals surface area contributed by atoms with Gasteiger partial charge in [0.2, 0.25) is 0 Å². The maximum Gasteiger partial charge on any atom is 0.254 e. The number of nitrogens with two attached hydrogens (primary N) is 1. The summed E-state index contributed by atoms with van der Waals surface area (Å²) in [5, 5.41) is 0. The summed E-state index contributed by atoms with van der Waals surface area (Å²) in [5.74, 6) is 5.98. The molecule has 0 heterocycles. The van der Waals surface area contributed by atoms with Crippen LogP contribution >= 0.6 is 0 Å². The van der Waals surface area contributed by atoms with E-state index in [4.69, 9.17) is 5.73 Å². The minimum atomic E-state index is 0.103. The van der Waals surface area contributed by atoms with Gasteiger partial charge in [0.15, 0.2) is 0 Å². The second-order valence-corrected chi connectivity index (χ2v) is 5.34. The van der Waals surface area contributed by atoms with Gasteiger partial charge in [0.05, 0.1) is 6.54 Å². The van der Waals surface area contributed by atoms with Crippen LogP contribution in [-0.2, 0) is 0 Å². The molecule has 0 unspecified atom stereocenters. The highest BCUT2D eigenvalue weighted by Crippen LogP contribution is 2.24. The van der Waals surface area contributed by atoms with Crippen molar-refractivity contribution in [2.24, 2.45) is 5.73 Å². The van der Waals surface area contributed by atoms with Crippen LogP contribution in [0, 0.1) is 18.8 Å². The Morgan fingerprint density at radius 3 is 2.75 bits per heavy atom. The fraction of sp³-hybridized carbons (Fsp3) is 0.471. The van der Waals surface area contributed by atoms with Crippen LogP contribution in [0.5, 0.6) is 0 Å². The molecule has 1 amide bonds. The van der Waals surface area contributed by atoms with Crippen LogP contribution in [0.3, 0.4) is 0 Å². The standard InChI is InChI=1S/C17H22N2O/c1-13-14(8-6-12-18)7-5-11-16(13)17(20)19(2)15-9-3-4-10-15/h5,7,11,15H,3-4,9-10,12,18H2,1-2H3. The average Bonchev–Trinajstić information content (AvgIpc) is 2.99. The largest absolute Gasteiger partial charge is 0.339 e. The minimum Gasteiger partial charge on any atom is -0.339 e. The van der Waals surface area contributed by atoms with Crippen molar-refractivity contribution in [3.8, 4) is 11.8 Å². The molecule has 1 aliphatic carbocycles. The van der Waals surface area contributed by atoms with Crippen LogP contribution in [0.4, 0.5) is 0 Å². The van der Waals surface area contributed by atoms with E-state index >= 15 is 0 Å². The summed E-state index contributed by atoms with van der Waals surface area (Å²) in [4.78, 5) is 14.5. The minimum absolute atomic E-state index is 0.103. The van der Waals surface area contributed by atoms with E-state index in [-0.39, 0.29) is 5.91 Å². The van der Waals surface area contributed by atoms with E-state index in [1.54, 1.807) is 0 Å². The summed E-state index contributed by atoms with van der Waals surface area (Å²) in [7, 11) is 1.91. The second kappa shape index (κ2) is 6.58. The lowest BCUT2D eigenvalue weighted by Crippen LogP contribution is -2.35. The van der Waals surface area contributed by atoms with Crippen LogP contribution in [0.15, 0.2) is 18.2 Å². The van der Waals surface area contributed by atoms with Crippen molar-refractivity contribution in [1.82, 2.24) is 4.90 Å². The summed E-state index contributed by atoms with van der Waals surface area (Å²) in [6.07, 6.45) is 4.69. The zero-order valence-corrected chi connectivity index (χ0v) is 12.3. The molecule has 3 heteroatoms. The summed E-state index contributed by atoms with van der Waals surface area (Å²) in [6, 6.07) is 6.10. The number of nitrogens with zero attached hydrogens (tertiary/aromatic N) is 1. The van der Waals surface area contributed by atoms with Crippen LogP contribution in [0.1, 0.15) is 47.2 Å². The Bertz CT molecular complexity index is 548. The van der Waals surface area contributed by atoms with Gasteiger partial charge in [0.25, 0.3) is 5.91 Å². The maximum absolute atomic E-state index is 12.6. The highest BCUT2D eigenvalue weighted by molar-refractivity contribution is 5.96. The van der Waals surface area contributed by atoms with Gasteiger partial charge in [-0.1, -0.05) is 30.7 Å². The molecule has 2 rings (SSSR count). The van der Waals surface area contributed by atoms with E-state index < -0.39 is 0 Å². The van der Waals surface area contributed by atoms with Gasteiger partial charge in [-0.05, 0) is 37.5 Å². The number of benzene rings is 1. The predicted octanol–water partition coefficient (Wildman–Crippen LogP) is 2.32. The lowest BCUT2D eigenvalue weighted by Gasteiger charge is -2.25. The maximum atomic E-state index is 12.6. The lowest BCUT2D eigenvalue weighted by atomic mass is 10.0. The van der Waals surface area contributed by atoms with E-state index in [0.717, 1.165) is 29.5 Å². The lowest BCUT2D eigenvalue weighted by molar-refractivity contribution is 0.0734. The van der Waals surface area contributed by atoms with Gasteiger partial charge in [-0.2, -0.15) is 0 Å². The molecule has 20 heavy (non-hydrogen) atoms. The van der Waals surface area contributed by atoms with E-state index in [1.807, 2.05) is 37.1 Å². The van der Waals surface area contributed by atoms with E-state index in [1.165, 1.54) is 12.8 Å². The first-order chi connectivity index (χ1) is 9.65. The normalized spacial score (nSPS) is 14.8. The van der Waals surface area contributed by atoms with Gasteiger partial charge in [-0.25, -0.2) is 0 Å². The van der Waals surface area contributed by atoms with Crippen molar-refractivity contribution >= 4 is 5.91 Å². The third-order valence-electron chi connectivity index (χ3n) is 4.08. The Balaban J connectivity index is 2.25. The van der Waals surface area contributed by atoms with Crippen molar-refractivity contribution in [2.75, 3.05) is 13.6 Å². The molecule has 0 spiro atoms. The molecule has 1 fully saturated rings. The molecule has 3 nitrogen and oxygen atoms in total. The average molecular weight is 270 g/mol. The first-order valence-corrected chi connectivity index (χ1v) is 7.21. The molecule has 2 N–H and O–H groups in total. The van der Waals surface area contributed by atoms with E-state index in [0.29, 0.717) is 12.6 Å². The van der Waals surface area contributed by atoms with E-state index in [9.17, 15) is 4.79 Å². The second-order valence-electron chi connectivity index (χ2n) is 5.34. The molecule has 106 valence electrons. The van der Waals surface area contributed by atoms with Crippen molar-refractivity contribution in [3.63, 3.8) is 0 Å². The summed E-state index contributed by atoms with van der Waals surface area (Å²) in [5.41, 5.74) is 8.00. The van der Waals surface area contributed by atoms with Crippen molar-refractivity contribution in [3.05, 3.63) is 34.9 Å². The Hall–Kier alpha value is -1.79. The summed E-state index contributed by atoms with van der Waals surface area (Å²) >= 11 is 0. The number of rotatable bonds is 2. The molecule has 0 atom stereocenters. The highest BCUT2D eigenvalue weighted by Gasteiger charge is 2.25. The molecule has 0 radical (unpaired) electrons. The Morgan fingerprint density at radius 2 is 2.10 bits per heavy atom. The Labute approximate surface area is 121 Å². The SMILES string of the molecule is Cc1c(C#CCN)cccc1C(=O)N(C)C1CCCC1. The third kappa shape index (κ3) is 3.02. The van der Waals surface area contributed by atoms with Gasteiger partial charge in [-0.15, -0.1) is 0 Å². The smallest absolute Gasteiger partial charge is 0.254 e. The van der Waals surface area contributed by atoms with Gasteiger partial charge < -0.3 is 10.6 Å². The molecule has 0 saturated heterocycles. The molecule has 1 aromatic rings. The monoisotopic (exact) mass is 270 g/mol. The molecule has 1 aliphatic rings.